The van der Waals surface area contributed by atoms with Crippen molar-refractivity contribution in [2.24, 2.45) is 11.1 Å². The molecule has 4 nitrogen and oxygen atoms in total. The number of rotatable bonds is 3. The van der Waals surface area contributed by atoms with Gasteiger partial charge in [0.2, 0.25) is 5.91 Å². The number of amides is 1. The van der Waals surface area contributed by atoms with Crippen molar-refractivity contribution >= 4 is 5.91 Å². The molecule has 1 amide bonds. The van der Waals surface area contributed by atoms with E-state index in [1.807, 2.05) is 18.7 Å². The molecule has 1 aliphatic heterocycles. The van der Waals surface area contributed by atoms with Crippen LogP contribution in [0.3, 0.4) is 0 Å². The Morgan fingerprint density at radius 3 is 2.69 bits per heavy atom. The van der Waals surface area contributed by atoms with Gasteiger partial charge >= 0.3 is 0 Å². The molecule has 1 aliphatic rings. The van der Waals surface area contributed by atoms with Gasteiger partial charge in [0.05, 0.1) is 11.0 Å². The second kappa shape index (κ2) is 4.72. The van der Waals surface area contributed by atoms with Gasteiger partial charge in [0.15, 0.2) is 0 Å². The van der Waals surface area contributed by atoms with Crippen LogP contribution in [0.2, 0.25) is 0 Å². The van der Waals surface area contributed by atoms with E-state index in [2.05, 4.69) is 6.92 Å². The molecule has 1 fully saturated rings. The maximum absolute atomic E-state index is 12.2. The Morgan fingerprint density at radius 1 is 1.56 bits per heavy atom. The lowest BCUT2D eigenvalue weighted by molar-refractivity contribution is -0.147. The van der Waals surface area contributed by atoms with E-state index in [1.165, 1.54) is 0 Å². The third-order valence-electron chi connectivity index (χ3n) is 3.53. The average Bonchev–Trinajstić information content (AvgIpc) is 2.28. The van der Waals surface area contributed by atoms with E-state index >= 15 is 0 Å². The number of ether oxygens (including phenoxy) is 1. The molecule has 1 unspecified atom stereocenters. The molecule has 4 heteroatoms. The van der Waals surface area contributed by atoms with Gasteiger partial charge in [-0.15, -0.1) is 0 Å². The fourth-order valence-electron chi connectivity index (χ4n) is 2.06. The van der Waals surface area contributed by atoms with Crippen LogP contribution in [0.25, 0.3) is 0 Å². The fraction of sp³-hybridized carbons (Fsp3) is 0.917. The van der Waals surface area contributed by atoms with Crippen molar-refractivity contribution in [2.75, 3.05) is 26.7 Å². The highest BCUT2D eigenvalue weighted by Gasteiger charge is 2.37. The molecule has 1 heterocycles. The maximum Gasteiger partial charge on any atom is 0.229 e. The Hall–Kier alpha value is -0.610. The third kappa shape index (κ3) is 2.74. The summed E-state index contributed by atoms with van der Waals surface area (Å²) in [5.41, 5.74) is 4.97. The van der Waals surface area contributed by atoms with Crippen LogP contribution in [0.15, 0.2) is 0 Å². The topological polar surface area (TPSA) is 55.6 Å². The van der Waals surface area contributed by atoms with Gasteiger partial charge in [-0.25, -0.2) is 0 Å². The van der Waals surface area contributed by atoms with Crippen LogP contribution < -0.4 is 5.73 Å². The number of nitrogens with two attached hydrogens (primary N) is 1. The second-order valence-corrected chi connectivity index (χ2v) is 5.57. The highest BCUT2D eigenvalue weighted by Crippen LogP contribution is 2.27. The Kier molecular flexibility index (Phi) is 3.97. The van der Waals surface area contributed by atoms with Crippen LogP contribution in [0, 0.1) is 5.41 Å². The van der Waals surface area contributed by atoms with Crippen LogP contribution in [0.5, 0.6) is 0 Å². The molecule has 0 spiro atoms. The first-order valence-electron chi connectivity index (χ1n) is 5.89. The van der Waals surface area contributed by atoms with Crippen LogP contribution in [0.4, 0.5) is 0 Å². The molecule has 94 valence electrons. The number of hydrogen-bond donors (Lipinski definition) is 1. The number of carbonyl (C=O) groups is 1. The number of hydrogen-bond acceptors (Lipinski definition) is 3. The zero-order chi connectivity index (χ0) is 12.4. The zero-order valence-electron chi connectivity index (χ0n) is 10.9. The van der Waals surface area contributed by atoms with E-state index in [0.29, 0.717) is 13.1 Å². The van der Waals surface area contributed by atoms with Gasteiger partial charge in [-0.3, -0.25) is 4.79 Å². The lowest BCUT2D eigenvalue weighted by Gasteiger charge is -2.42. The largest absolute Gasteiger partial charge is 0.377 e. The van der Waals surface area contributed by atoms with Crippen molar-refractivity contribution in [2.45, 2.75) is 39.2 Å². The molecule has 1 saturated heterocycles. The number of likely N-dealkylation sites (tertiary alicyclic amines) is 1. The summed E-state index contributed by atoms with van der Waals surface area (Å²) < 4.78 is 5.48. The normalized spacial score (nSPS) is 26.9. The van der Waals surface area contributed by atoms with Gasteiger partial charge in [0, 0.05) is 26.7 Å². The van der Waals surface area contributed by atoms with Gasteiger partial charge in [-0.05, 0) is 33.6 Å². The highest BCUT2D eigenvalue weighted by atomic mass is 16.5. The van der Waals surface area contributed by atoms with Crippen LogP contribution in [-0.2, 0) is 9.53 Å². The van der Waals surface area contributed by atoms with E-state index in [0.717, 1.165) is 19.4 Å². The number of carbonyl (C=O) groups excluding carboxylic acids is 1. The molecular weight excluding hydrogens is 204 g/mol. The van der Waals surface area contributed by atoms with E-state index in [4.69, 9.17) is 10.5 Å². The van der Waals surface area contributed by atoms with Crippen molar-refractivity contribution in [3.05, 3.63) is 0 Å². The van der Waals surface area contributed by atoms with Gasteiger partial charge < -0.3 is 15.4 Å². The van der Waals surface area contributed by atoms with E-state index in [9.17, 15) is 4.79 Å². The van der Waals surface area contributed by atoms with Crippen molar-refractivity contribution in [1.82, 2.24) is 4.90 Å². The van der Waals surface area contributed by atoms with Crippen LogP contribution >= 0.6 is 0 Å². The Bertz CT molecular complexity index is 266. The lowest BCUT2D eigenvalue weighted by atomic mass is 9.88. The van der Waals surface area contributed by atoms with E-state index in [-0.39, 0.29) is 11.5 Å². The van der Waals surface area contributed by atoms with Gasteiger partial charge in [-0.1, -0.05) is 0 Å². The number of piperidine rings is 1. The Morgan fingerprint density at radius 2 is 2.19 bits per heavy atom. The molecule has 0 aliphatic carbocycles. The molecule has 0 aromatic carbocycles. The standard InChI is InChI=1S/C12H24N2O2/c1-11(2,8-13)10(15)14-7-5-6-12(3,9-14)16-4/h5-9,13H2,1-4H3. The molecular formula is C12H24N2O2. The summed E-state index contributed by atoms with van der Waals surface area (Å²) in [5.74, 6) is 0.137. The van der Waals surface area contributed by atoms with Gasteiger partial charge in [-0.2, -0.15) is 0 Å². The number of methoxy groups -OCH3 is 1. The molecule has 16 heavy (non-hydrogen) atoms. The minimum atomic E-state index is -0.466. The van der Waals surface area contributed by atoms with Crippen LogP contribution in [0.1, 0.15) is 33.6 Å². The number of nitrogens with zero attached hydrogens (tertiary/aromatic N) is 1. The fourth-order valence-corrected chi connectivity index (χ4v) is 2.06. The van der Waals surface area contributed by atoms with Crippen molar-refractivity contribution < 1.29 is 9.53 Å². The first-order valence-corrected chi connectivity index (χ1v) is 5.89. The summed E-state index contributed by atoms with van der Waals surface area (Å²) in [4.78, 5) is 14.1. The minimum Gasteiger partial charge on any atom is -0.377 e. The molecule has 0 aromatic rings. The first kappa shape index (κ1) is 13.5. The quantitative estimate of drug-likeness (QED) is 0.784. The molecule has 0 aromatic heterocycles. The summed E-state index contributed by atoms with van der Waals surface area (Å²) in [5, 5.41) is 0. The molecule has 0 bridgehead atoms. The third-order valence-corrected chi connectivity index (χ3v) is 3.53. The summed E-state index contributed by atoms with van der Waals surface area (Å²) in [7, 11) is 1.71. The molecule has 0 radical (unpaired) electrons. The van der Waals surface area contributed by atoms with Gasteiger partial charge in [0.25, 0.3) is 0 Å². The van der Waals surface area contributed by atoms with Crippen molar-refractivity contribution in [3.63, 3.8) is 0 Å². The summed E-state index contributed by atoms with van der Waals surface area (Å²) >= 11 is 0. The molecule has 2 N–H and O–H groups in total. The van der Waals surface area contributed by atoms with Gasteiger partial charge in [0.1, 0.15) is 0 Å². The van der Waals surface area contributed by atoms with E-state index < -0.39 is 5.41 Å². The lowest BCUT2D eigenvalue weighted by Crippen LogP contribution is -2.54. The van der Waals surface area contributed by atoms with Crippen molar-refractivity contribution in [3.8, 4) is 0 Å². The monoisotopic (exact) mass is 228 g/mol. The predicted molar refractivity (Wildman–Crippen MR) is 64.1 cm³/mol. The highest BCUT2D eigenvalue weighted by molar-refractivity contribution is 5.82. The smallest absolute Gasteiger partial charge is 0.229 e. The Balaban J connectivity index is 2.71. The minimum absolute atomic E-state index is 0.137. The van der Waals surface area contributed by atoms with E-state index in [1.54, 1.807) is 7.11 Å². The predicted octanol–water partition coefficient (Wildman–Crippen LogP) is 0.999. The summed E-state index contributed by atoms with van der Waals surface area (Å²) in [6, 6.07) is 0. The zero-order valence-corrected chi connectivity index (χ0v) is 10.9. The van der Waals surface area contributed by atoms with Crippen molar-refractivity contribution in [1.29, 1.82) is 0 Å². The average molecular weight is 228 g/mol. The second-order valence-electron chi connectivity index (χ2n) is 5.57. The maximum atomic E-state index is 12.2. The SMILES string of the molecule is COC1(C)CCCN(C(=O)C(C)(C)CN)C1. The summed E-state index contributed by atoms with van der Waals surface area (Å²) in [6.07, 6.45) is 2.01. The summed E-state index contributed by atoms with van der Waals surface area (Å²) in [6.45, 7) is 7.73. The Labute approximate surface area is 98.1 Å². The molecule has 0 saturated carbocycles. The first-order chi connectivity index (χ1) is 7.34. The molecule has 1 rings (SSSR count). The molecule has 1 atom stereocenters. The van der Waals surface area contributed by atoms with Crippen LogP contribution in [-0.4, -0.2) is 43.2 Å².